The topological polar surface area (TPSA) is 77.0 Å². The van der Waals surface area contributed by atoms with Crippen LogP contribution in [0.5, 0.6) is 0 Å². The quantitative estimate of drug-likeness (QED) is 0.725. The van der Waals surface area contributed by atoms with Gasteiger partial charge in [-0.15, -0.1) is 11.3 Å². The van der Waals surface area contributed by atoms with E-state index in [0.717, 1.165) is 11.6 Å². The average Bonchev–Trinajstić information content (AvgIpc) is 3.06. The Morgan fingerprint density at radius 3 is 2.88 bits per heavy atom. The second kappa shape index (κ2) is 9.10. The number of carbonyl (C=O) groups excluding carboxylic acids is 2. The number of aromatic nitrogens is 1. The molecule has 0 aromatic carbocycles. The highest BCUT2D eigenvalue weighted by molar-refractivity contribution is 7.09. The van der Waals surface area contributed by atoms with Gasteiger partial charge >= 0.3 is 0 Å². The molecule has 2 amide bonds. The Morgan fingerprint density at radius 2 is 2.25 bits per heavy atom. The van der Waals surface area contributed by atoms with Crippen LogP contribution in [0.1, 0.15) is 17.8 Å². The number of piperidine rings is 1. The number of likely N-dealkylation sites (tertiary alicyclic amines) is 1. The molecule has 24 heavy (non-hydrogen) atoms. The first-order chi connectivity index (χ1) is 11.5. The van der Waals surface area contributed by atoms with Crippen molar-refractivity contribution >= 4 is 23.2 Å². The van der Waals surface area contributed by atoms with Crippen LogP contribution in [0.3, 0.4) is 0 Å². The molecule has 0 bridgehead atoms. The van der Waals surface area contributed by atoms with Crippen molar-refractivity contribution in [2.45, 2.75) is 19.4 Å². The van der Waals surface area contributed by atoms with Crippen molar-refractivity contribution in [2.75, 3.05) is 46.9 Å². The smallest absolute Gasteiger partial charge is 0.227 e. The van der Waals surface area contributed by atoms with Crippen molar-refractivity contribution in [3.05, 3.63) is 16.6 Å². The molecule has 1 saturated heterocycles. The number of thiazole rings is 1. The van der Waals surface area contributed by atoms with Crippen molar-refractivity contribution < 1.29 is 14.7 Å². The fraction of sp³-hybridized carbons (Fsp3) is 0.688. The van der Waals surface area contributed by atoms with Gasteiger partial charge in [0.25, 0.3) is 0 Å². The van der Waals surface area contributed by atoms with E-state index in [4.69, 9.17) is 0 Å². The van der Waals surface area contributed by atoms with E-state index in [1.165, 1.54) is 11.3 Å². The van der Waals surface area contributed by atoms with Gasteiger partial charge in [0, 0.05) is 44.2 Å². The zero-order chi connectivity index (χ0) is 17.5. The Labute approximate surface area is 146 Å². The summed E-state index contributed by atoms with van der Waals surface area (Å²) in [6.07, 6.45) is 2.70. The third kappa shape index (κ3) is 5.25. The van der Waals surface area contributed by atoms with E-state index in [1.54, 1.807) is 16.0 Å². The maximum atomic E-state index is 12.8. The maximum absolute atomic E-state index is 12.8. The summed E-state index contributed by atoms with van der Waals surface area (Å²) in [5, 5.41) is 12.0. The second-order valence-corrected chi connectivity index (χ2v) is 7.27. The lowest BCUT2D eigenvalue weighted by atomic mass is 9.96. The Morgan fingerprint density at radius 1 is 1.46 bits per heavy atom. The fourth-order valence-electron chi connectivity index (χ4n) is 2.79. The number of likely N-dealkylation sites (N-methyl/N-ethyl adjacent to an activating group) is 1. The summed E-state index contributed by atoms with van der Waals surface area (Å²) in [5.74, 6) is -0.0764. The number of hydrogen-bond donors (Lipinski definition) is 1. The fourth-order valence-corrected chi connectivity index (χ4v) is 3.42. The van der Waals surface area contributed by atoms with Crippen LogP contribution in [0.4, 0.5) is 0 Å². The zero-order valence-electron chi connectivity index (χ0n) is 14.3. The minimum Gasteiger partial charge on any atom is -0.395 e. The summed E-state index contributed by atoms with van der Waals surface area (Å²) in [6.45, 7) is 2.52. The molecule has 1 aliphatic rings. The molecule has 8 heteroatoms. The first-order valence-electron chi connectivity index (χ1n) is 8.21. The summed E-state index contributed by atoms with van der Waals surface area (Å²) in [6, 6.07) is 0. The van der Waals surface area contributed by atoms with Crippen LogP contribution in [-0.2, 0) is 16.1 Å². The number of carbonyl (C=O) groups is 2. The highest BCUT2D eigenvalue weighted by Crippen LogP contribution is 2.21. The predicted octanol–water partition coefficient (Wildman–Crippen LogP) is 0.264. The van der Waals surface area contributed by atoms with Gasteiger partial charge < -0.3 is 19.8 Å². The number of aliphatic hydroxyl groups is 1. The number of hydrogen-bond acceptors (Lipinski definition) is 6. The Kier molecular flexibility index (Phi) is 7.14. The lowest BCUT2D eigenvalue weighted by molar-refractivity contribution is -0.144. The standard InChI is InChI=1S/C16H26N4O3S/c1-18(2)6-7-19-11-13(3-4-15(19)22)16(23)20(8-9-21)12-14-17-5-10-24-14/h5,10,13,21H,3-4,6-9,11-12H2,1-2H3/t13-/m1/s1. The van der Waals surface area contributed by atoms with Crippen molar-refractivity contribution in [3.8, 4) is 0 Å². The summed E-state index contributed by atoms with van der Waals surface area (Å²) < 4.78 is 0. The van der Waals surface area contributed by atoms with E-state index < -0.39 is 0 Å². The molecule has 1 N–H and O–H groups in total. The zero-order valence-corrected chi connectivity index (χ0v) is 15.2. The molecule has 2 heterocycles. The van der Waals surface area contributed by atoms with Gasteiger partial charge in [-0.25, -0.2) is 4.98 Å². The molecular weight excluding hydrogens is 328 g/mol. The van der Waals surface area contributed by atoms with E-state index in [-0.39, 0.29) is 24.3 Å². The van der Waals surface area contributed by atoms with Crippen LogP contribution < -0.4 is 0 Å². The van der Waals surface area contributed by atoms with Gasteiger partial charge in [0.2, 0.25) is 11.8 Å². The van der Waals surface area contributed by atoms with Gasteiger partial charge in [-0.1, -0.05) is 0 Å². The molecule has 7 nitrogen and oxygen atoms in total. The molecule has 0 radical (unpaired) electrons. The summed E-state index contributed by atoms with van der Waals surface area (Å²) in [5.41, 5.74) is 0. The lowest BCUT2D eigenvalue weighted by Gasteiger charge is -2.35. The minimum atomic E-state index is -0.198. The van der Waals surface area contributed by atoms with E-state index in [9.17, 15) is 14.7 Å². The van der Waals surface area contributed by atoms with E-state index in [1.807, 2.05) is 24.4 Å². The molecular formula is C16H26N4O3S. The third-order valence-electron chi connectivity index (χ3n) is 4.16. The van der Waals surface area contributed by atoms with Gasteiger partial charge in [-0.05, 0) is 20.5 Å². The summed E-state index contributed by atoms with van der Waals surface area (Å²) in [4.78, 5) is 34.6. The molecule has 1 aliphatic heterocycles. The maximum Gasteiger partial charge on any atom is 0.227 e. The van der Waals surface area contributed by atoms with Crippen molar-refractivity contribution in [1.82, 2.24) is 19.7 Å². The molecule has 134 valence electrons. The first-order valence-corrected chi connectivity index (χ1v) is 9.09. The van der Waals surface area contributed by atoms with Crippen LogP contribution in [0, 0.1) is 5.92 Å². The summed E-state index contributed by atoms with van der Waals surface area (Å²) >= 11 is 1.50. The summed E-state index contributed by atoms with van der Waals surface area (Å²) in [7, 11) is 3.93. The van der Waals surface area contributed by atoms with E-state index in [0.29, 0.717) is 39.0 Å². The molecule has 2 rings (SSSR count). The number of aliphatic hydroxyl groups excluding tert-OH is 1. The number of nitrogens with zero attached hydrogens (tertiary/aromatic N) is 4. The molecule has 0 aliphatic carbocycles. The second-order valence-electron chi connectivity index (χ2n) is 6.29. The average molecular weight is 354 g/mol. The largest absolute Gasteiger partial charge is 0.395 e. The van der Waals surface area contributed by atoms with Gasteiger partial charge in [0.15, 0.2) is 0 Å². The molecule has 0 saturated carbocycles. The van der Waals surface area contributed by atoms with E-state index in [2.05, 4.69) is 4.98 Å². The van der Waals surface area contributed by atoms with Crippen molar-refractivity contribution in [1.29, 1.82) is 0 Å². The van der Waals surface area contributed by atoms with Crippen LogP contribution in [0.2, 0.25) is 0 Å². The van der Waals surface area contributed by atoms with Crippen LogP contribution in [0.15, 0.2) is 11.6 Å². The van der Waals surface area contributed by atoms with Gasteiger partial charge in [-0.2, -0.15) is 0 Å². The molecule has 0 unspecified atom stereocenters. The van der Waals surface area contributed by atoms with Crippen molar-refractivity contribution in [3.63, 3.8) is 0 Å². The Bertz CT molecular complexity index is 535. The predicted molar refractivity (Wildman–Crippen MR) is 92.5 cm³/mol. The monoisotopic (exact) mass is 354 g/mol. The molecule has 0 spiro atoms. The normalized spacial score (nSPS) is 18.2. The van der Waals surface area contributed by atoms with Crippen LogP contribution >= 0.6 is 11.3 Å². The Balaban J connectivity index is 1.98. The highest BCUT2D eigenvalue weighted by atomic mass is 32.1. The SMILES string of the molecule is CN(C)CCN1C[C@H](C(=O)N(CCO)Cc2nccs2)CCC1=O. The van der Waals surface area contributed by atoms with Crippen LogP contribution in [-0.4, -0.2) is 83.5 Å². The third-order valence-corrected chi connectivity index (χ3v) is 4.92. The number of rotatable bonds is 8. The first kappa shape index (κ1) is 18.8. The van der Waals surface area contributed by atoms with Gasteiger partial charge in [0.1, 0.15) is 5.01 Å². The van der Waals surface area contributed by atoms with Gasteiger partial charge in [-0.3, -0.25) is 9.59 Å². The number of amides is 2. The molecule has 1 atom stereocenters. The van der Waals surface area contributed by atoms with Crippen LogP contribution in [0.25, 0.3) is 0 Å². The molecule has 1 fully saturated rings. The van der Waals surface area contributed by atoms with Gasteiger partial charge in [0.05, 0.1) is 19.1 Å². The van der Waals surface area contributed by atoms with Crippen molar-refractivity contribution in [2.24, 2.45) is 5.92 Å². The lowest BCUT2D eigenvalue weighted by Crippen LogP contribution is -2.48. The van der Waals surface area contributed by atoms with E-state index >= 15 is 0 Å². The Hall–Kier alpha value is -1.51. The molecule has 1 aromatic heterocycles. The molecule has 1 aromatic rings. The highest BCUT2D eigenvalue weighted by Gasteiger charge is 2.32. The minimum absolute atomic E-state index is 0.00148.